The number of pyridine rings is 4. The summed E-state index contributed by atoms with van der Waals surface area (Å²) in [5, 5.41) is 6.17. The van der Waals surface area contributed by atoms with Crippen LogP contribution in [0, 0.1) is 0 Å². The smallest absolute Gasteiger partial charge is 0.0900 e. The second-order valence-electron chi connectivity index (χ2n) is 12.7. The van der Waals surface area contributed by atoms with E-state index < -0.39 is 0 Å². The number of para-hydroxylation sites is 1. The van der Waals surface area contributed by atoms with Crippen LogP contribution in [0.5, 0.6) is 0 Å². The van der Waals surface area contributed by atoms with Crippen molar-refractivity contribution in [1.29, 1.82) is 0 Å². The quantitative estimate of drug-likeness (QED) is 0.171. The highest BCUT2D eigenvalue weighted by molar-refractivity contribution is 7.26. The summed E-state index contributed by atoms with van der Waals surface area (Å²) in [5.74, 6) is 0. The zero-order valence-electron chi connectivity index (χ0n) is 27.4. The molecule has 0 saturated heterocycles. The second kappa shape index (κ2) is 12.1. The van der Waals surface area contributed by atoms with Gasteiger partial charge in [-0.3, -0.25) is 9.97 Å². The maximum atomic E-state index is 5.16. The molecule has 5 heteroatoms. The molecular formula is C46H28N4S. The lowest BCUT2D eigenvalue weighted by Gasteiger charge is -2.11. The van der Waals surface area contributed by atoms with Crippen LogP contribution in [0.25, 0.3) is 98.1 Å². The van der Waals surface area contributed by atoms with E-state index in [4.69, 9.17) is 9.97 Å². The van der Waals surface area contributed by atoms with Gasteiger partial charge in [0.2, 0.25) is 0 Å². The van der Waals surface area contributed by atoms with Crippen molar-refractivity contribution in [3.8, 4) is 56.3 Å². The molecule has 51 heavy (non-hydrogen) atoms. The molecule has 10 aromatic rings. The first kappa shape index (κ1) is 29.4. The highest BCUT2D eigenvalue weighted by Crippen LogP contribution is 2.44. The predicted molar refractivity (Wildman–Crippen MR) is 213 cm³/mol. The van der Waals surface area contributed by atoms with Gasteiger partial charge in [-0.25, -0.2) is 9.97 Å². The van der Waals surface area contributed by atoms with Crippen LogP contribution >= 0.6 is 11.3 Å². The van der Waals surface area contributed by atoms with Gasteiger partial charge in [-0.15, -0.1) is 11.3 Å². The minimum Gasteiger partial charge on any atom is -0.255 e. The van der Waals surface area contributed by atoms with E-state index in [1.54, 1.807) is 12.4 Å². The van der Waals surface area contributed by atoms with E-state index >= 15 is 0 Å². The molecule has 0 fully saturated rings. The molecular weight excluding hydrogens is 641 g/mol. The molecule has 0 bridgehead atoms. The monoisotopic (exact) mass is 668 g/mol. The van der Waals surface area contributed by atoms with Crippen LogP contribution in [-0.4, -0.2) is 19.9 Å². The fraction of sp³-hybridized carbons (Fsp3) is 0. The maximum absolute atomic E-state index is 5.16. The Balaban J connectivity index is 1.12. The van der Waals surface area contributed by atoms with Crippen LogP contribution in [0.2, 0.25) is 0 Å². The summed E-state index contributed by atoms with van der Waals surface area (Å²) in [5.41, 5.74) is 11.0. The average molecular weight is 669 g/mol. The van der Waals surface area contributed by atoms with Gasteiger partial charge in [0.25, 0.3) is 0 Å². The number of hydrogen-bond acceptors (Lipinski definition) is 5. The van der Waals surface area contributed by atoms with Crippen LogP contribution in [0.15, 0.2) is 170 Å². The zero-order chi connectivity index (χ0) is 33.7. The van der Waals surface area contributed by atoms with E-state index in [0.717, 1.165) is 56.2 Å². The lowest BCUT2D eigenvalue weighted by Crippen LogP contribution is -1.94. The third kappa shape index (κ3) is 5.14. The van der Waals surface area contributed by atoms with E-state index in [2.05, 4.69) is 131 Å². The Hall–Kier alpha value is -6.56. The summed E-state index contributed by atoms with van der Waals surface area (Å²) >= 11 is 1.87. The summed E-state index contributed by atoms with van der Waals surface area (Å²) in [6, 6.07) is 55.3. The zero-order valence-corrected chi connectivity index (χ0v) is 28.2. The number of rotatable bonds is 5. The number of nitrogens with zero attached hydrogens (tertiary/aromatic N) is 4. The van der Waals surface area contributed by atoms with Crippen molar-refractivity contribution < 1.29 is 0 Å². The number of fused-ring (bicyclic) bond motifs is 7. The Morgan fingerprint density at radius 1 is 0.373 bits per heavy atom. The highest BCUT2D eigenvalue weighted by atomic mass is 32.1. The molecule has 0 N–H and O–H groups in total. The molecule has 0 radical (unpaired) electrons. The molecule has 0 aliphatic rings. The van der Waals surface area contributed by atoms with Crippen molar-refractivity contribution in [1.82, 2.24) is 19.9 Å². The van der Waals surface area contributed by atoms with Crippen molar-refractivity contribution >= 4 is 53.2 Å². The summed E-state index contributed by atoms with van der Waals surface area (Å²) in [6.45, 7) is 0. The fourth-order valence-electron chi connectivity index (χ4n) is 7.13. The molecule has 0 unspecified atom stereocenters. The summed E-state index contributed by atoms with van der Waals surface area (Å²) < 4.78 is 2.57. The lowest BCUT2D eigenvalue weighted by atomic mass is 9.96. The van der Waals surface area contributed by atoms with Gasteiger partial charge in [-0.05, 0) is 82.9 Å². The number of aromatic nitrogens is 4. The van der Waals surface area contributed by atoms with Gasteiger partial charge in [0.15, 0.2) is 0 Å². The van der Waals surface area contributed by atoms with Gasteiger partial charge in [0.05, 0.1) is 34.0 Å². The first-order chi connectivity index (χ1) is 25.3. The minimum absolute atomic E-state index is 0.815. The molecule has 0 spiro atoms. The molecule has 10 rings (SSSR count). The molecule has 238 valence electrons. The van der Waals surface area contributed by atoms with Crippen LogP contribution in [0.1, 0.15) is 0 Å². The largest absolute Gasteiger partial charge is 0.255 e. The summed E-state index contributed by atoms with van der Waals surface area (Å²) in [6.07, 6.45) is 3.61. The molecule has 0 saturated carbocycles. The van der Waals surface area contributed by atoms with Crippen LogP contribution in [0.3, 0.4) is 0 Å². The van der Waals surface area contributed by atoms with E-state index in [1.807, 2.05) is 47.7 Å². The van der Waals surface area contributed by atoms with Gasteiger partial charge in [-0.2, -0.15) is 0 Å². The van der Waals surface area contributed by atoms with Gasteiger partial charge in [-0.1, -0.05) is 97.1 Å². The topological polar surface area (TPSA) is 51.6 Å². The van der Waals surface area contributed by atoms with Crippen molar-refractivity contribution in [2.24, 2.45) is 0 Å². The van der Waals surface area contributed by atoms with E-state index in [-0.39, 0.29) is 0 Å². The Morgan fingerprint density at radius 3 is 1.76 bits per heavy atom. The predicted octanol–water partition coefficient (Wildman–Crippen LogP) is 12.3. The standard InChI is InChI=1S/C46H28N4S/c1-2-11-29(12-3-1)45-36-21-20-34-37-26-32(19-22-43(37)51-46(34)44(36)35-15-4-5-16-38(35)50-45)30-13-10-14-31(25-30)33-27-41(39-17-6-8-23-47-39)49-42(28-33)40-18-7-9-24-48-40/h1-28H. The molecule has 5 aromatic carbocycles. The first-order valence-electron chi connectivity index (χ1n) is 17.0. The molecule has 0 aliphatic carbocycles. The van der Waals surface area contributed by atoms with Gasteiger partial charge in [0, 0.05) is 54.3 Å². The molecule has 5 heterocycles. The summed E-state index contributed by atoms with van der Waals surface area (Å²) in [7, 11) is 0. The van der Waals surface area contributed by atoms with E-state index in [0.29, 0.717) is 0 Å². The molecule has 0 aliphatic heterocycles. The SMILES string of the molecule is c1ccc(-c2nc3ccccc3c3c2ccc2c4cc(-c5cccc(-c6cc(-c7ccccn7)nc(-c7ccccn7)c6)c5)ccc4sc23)cc1. The van der Waals surface area contributed by atoms with Crippen LogP contribution in [-0.2, 0) is 0 Å². The van der Waals surface area contributed by atoms with E-state index in [1.165, 1.54) is 41.9 Å². The van der Waals surface area contributed by atoms with Gasteiger partial charge >= 0.3 is 0 Å². The third-order valence-electron chi connectivity index (χ3n) is 9.56. The molecule has 0 atom stereocenters. The Labute approximate surface area is 298 Å². The molecule has 5 aromatic heterocycles. The lowest BCUT2D eigenvalue weighted by molar-refractivity contribution is 1.22. The second-order valence-corrected chi connectivity index (χ2v) is 13.7. The highest BCUT2D eigenvalue weighted by Gasteiger charge is 2.17. The van der Waals surface area contributed by atoms with Gasteiger partial charge < -0.3 is 0 Å². The normalized spacial score (nSPS) is 11.5. The van der Waals surface area contributed by atoms with Crippen molar-refractivity contribution in [3.05, 3.63) is 170 Å². The third-order valence-corrected chi connectivity index (χ3v) is 10.8. The van der Waals surface area contributed by atoms with E-state index in [9.17, 15) is 0 Å². The molecule has 0 amide bonds. The summed E-state index contributed by atoms with van der Waals surface area (Å²) in [4.78, 5) is 19.3. The van der Waals surface area contributed by atoms with Crippen LogP contribution < -0.4 is 0 Å². The first-order valence-corrected chi connectivity index (χ1v) is 17.8. The van der Waals surface area contributed by atoms with Crippen LogP contribution in [0.4, 0.5) is 0 Å². The molecule has 4 nitrogen and oxygen atoms in total. The van der Waals surface area contributed by atoms with Crippen molar-refractivity contribution in [3.63, 3.8) is 0 Å². The Bertz CT molecular complexity index is 2840. The number of benzene rings is 5. The van der Waals surface area contributed by atoms with Gasteiger partial charge in [0.1, 0.15) is 0 Å². The fourth-order valence-corrected chi connectivity index (χ4v) is 8.38. The van der Waals surface area contributed by atoms with Crippen molar-refractivity contribution in [2.75, 3.05) is 0 Å². The number of hydrogen-bond donors (Lipinski definition) is 0. The van der Waals surface area contributed by atoms with Crippen molar-refractivity contribution in [2.45, 2.75) is 0 Å². The minimum atomic E-state index is 0.815. The Kier molecular flexibility index (Phi) is 6.96. The number of thiophene rings is 1. The Morgan fingerprint density at radius 2 is 1.02 bits per heavy atom. The maximum Gasteiger partial charge on any atom is 0.0900 e. The average Bonchev–Trinajstić information content (AvgIpc) is 3.59.